The van der Waals surface area contributed by atoms with E-state index in [1.807, 2.05) is 20.8 Å². The van der Waals surface area contributed by atoms with E-state index < -0.39 is 0 Å². The van der Waals surface area contributed by atoms with E-state index in [2.05, 4.69) is 39.8 Å². The number of hydrogen-bond acceptors (Lipinski definition) is 6. The Morgan fingerprint density at radius 3 is 2.73 bits per heavy atom. The van der Waals surface area contributed by atoms with Crippen molar-refractivity contribution in [2.24, 2.45) is 0 Å². The fraction of sp³-hybridized carbons (Fsp3) is 0.500. The second-order valence-corrected chi connectivity index (χ2v) is 6.88. The number of ether oxygens (including phenoxy) is 2. The minimum absolute atomic E-state index is 0.225. The summed E-state index contributed by atoms with van der Waals surface area (Å²) in [5.74, 6) is 1.60. The van der Waals surface area contributed by atoms with Crippen molar-refractivity contribution in [1.82, 2.24) is 9.36 Å². The van der Waals surface area contributed by atoms with E-state index in [0.29, 0.717) is 19.0 Å². The van der Waals surface area contributed by atoms with Crippen molar-refractivity contribution in [3.63, 3.8) is 0 Å². The van der Waals surface area contributed by atoms with Crippen LogP contribution in [0.3, 0.4) is 0 Å². The number of methoxy groups -OCH3 is 1. The summed E-state index contributed by atoms with van der Waals surface area (Å²) in [5.41, 5.74) is 2.06. The monoisotopic (exact) mass is 321 g/mol. The molecule has 2 rings (SSSR count). The van der Waals surface area contributed by atoms with E-state index in [9.17, 15) is 0 Å². The molecule has 120 valence electrons. The van der Waals surface area contributed by atoms with Crippen LogP contribution in [-0.4, -0.2) is 22.1 Å². The third kappa shape index (κ3) is 4.96. The summed E-state index contributed by atoms with van der Waals surface area (Å²) in [6, 6.07) is 6.24. The highest BCUT2D eigenvalue weighted by atomic mass is 32.1. The van der Waals surface area contributed by atoms with Crippen molar-refractivity contribution in [3.8, 4) is 5.75 Å². The first kappa shape index (κ1) is 16.7. The molecule has 5 nitrogen and oxygen atoms in total. The highest BCUT2D eigenvalue weighted by Gasteiger charge is 2.15. The third-order valence-corrected chi connectivity index (χ3v) is 3.52. The Labute approximate surface area is 135 Å². The molecule has 0 bridgehead atoms. The fourth-order valence-electron chi connectivity index (χ4n) is 1.92. The number of nitrogens with one attached hydrogen (secondary N) is 1. The SMILES string of the molecule is COCc1nsc(NCc2ccc(C)cc2OC(C)(C)C)n1. The van der Waals surface area contributed by atoms with Crippen LogP contribution < -0.4 is 10.1 Å². The Hall–Kier alpha value is -1.66. The van der Waals surface area contributed by atoms with Crippen molar-refractivity contribution in [2.45, 2.75) is 46.4 Å². The quantitative estimate of drug-likeness (QED) is 0.877. The highest BCUT2D eigenvalue weighted by molar-refractivity contribution is 7.09. The topological polar surface area (TPSA) is 56.3 Å². The molecule has 2 aromatic rings. The Bertz CT molecular complexity index is 620. The Kier molecular flexibility index (Phi) is 5.37. The number of nitrogens with zero attached hydrogens (tertiary/aromatic N) is 2. The zero-order chi connectivity index (χ0) is 16.2. The lowest BCUT2D eigenvalue weighted by atomic mass is 10.1. The largest absolute Gasteiger partial charge is 0.488 e. The van der Waals surface area contributed by atoms with Gasteiger partial charge < -0.3 is 14.8 Å². The first-order valence-corrected chi connectivity index (χ1v) is 7.98. The molecule has 0 saturated heterocycles. The smallest absolute Gasteiger partial charge is 0.202 e. The predicted molar refractivity (Wildman–Crippen MR) is 89.5 cm³/mol. The molecule has 0 atom stereocenters. The van der Waals surface area contributed by atoms with E-state index in [4.69, 9.17) is 9.47 Å². The van der Waals surface area contributed by atoms with E-state index in [1.54, 1.807) is 7.11 Å². The zero-order valence-corrected chi connectivity index (χ0v) is 14.6. The van der Waals surface area contributed by atoms with Crippen LogP contribution in [0.15, 0.2) is 18.2 Å². The summed E-state index contributed by atoms with van der Waals surface area (Å²) in [7, 11) is 1.64. The van der Waals surface area contributed by atoms with Gasteiger partial charge in [0.25, 0.3) is 0 Å². The summed E-state index contributed by atoms with van der Waals surface area (Å²) >= 11 is 1.34. The molecule has 22 heavy (non-hydrogen) atoms. The maximum Gasteiger partial charge on any atom is 0.202 e. The van der Waals surface area contributed by atoms with Crippen molar-refractivity contribution < 1.29 is 9.47 Å². The van der Waals surface area contributed by atoms with Crippen LogP contribution in [0.2, 0.25) is 0 Å². The van der Waals surface area contributed by atoms with Crippen LogP contribution in [0.5, 0.6) is 5.75 Å². The second kappa shape index (κ2) is 7.07. The van der Waals surface area contributed by atoms with E-state index in [1.165, 1.54) is 17.1 Å². The van der Waals surface area contributed by atoms with Crippen molar-refractivity contribution in [1.29, 1.82) is 0 Å². The normalized spacial score (nSPS) is 11.5. The summed E-state index contributed by atoms with van der Waals surface area (Å²) < 4.78 is 15.3. The van der Waals surface area contributed by atoms with Gasteiger partial charge in [-0.2, -0.15) is 4.37 Å². The van der Waals surface area contributed by atoms with Crippen LogP contribution in [0.1, 0.15) is 37.7 Å². The predicted octanol–water partition coefficient (Wildman–Crippen LogP) is 3.78. The molecule has 0 aliphatic rings. The van der Waals surface area contributed by atoms with Gasteiger partial charge in [0, 0.05) is 30.8 Å². The van der Waals surface area contributed by atoms with Gasteiger partial charge in [-0.3, -0.25) is 0 Å². The Morgan fingerprint density at radius 1 is 1.27 bits per heavy atom. The number of benzene rings is 1. The molecule has 0 spiro atoms. The van der Waals surface area contributed by atoms with Gasteiger partial charge in [-0.25, -0.2) is 4.98 Å². The molecular weight excluding hydrogens is 298 g/mol. The number of anilines is 1. The van der Waals surface area contributed by atoms with Gasteiger partial charge in [-0.1, -0.05) is 12.1 Å². The van der Waals surface area contributed by atoms with Crippen LogP contribution in [0.4, 0.5) is 5.13 Å². The van der Waals surface area contributed by atoms with Gasteiger partial charge in [0.1, 0.15) is 18.0 Å². The highest BCUT2D eigenvalue weighted by Crippen LogP contribution is 2.26. The lowest BCUT2D eigenvalue weighted by molar-refractivity contribution is 0.129. The van der Waals surface area contributed by atoms with Crippen LogP contribution in [0.25, 0.3) is 0 Å². The molecular formula is C16H23N3O2S. The molecule has 0 saturated carbocycles. The number of hydrogen-bond donors (Lipinski definition) is 1. The zero-order valence-electron chi connectivity index (χ0n) is 13.8. The van der Waals surface area contributed by atoms with Crippen molar-refractivity contribution in [3.05, 3.63) is 35.2 Å². The molecule has 0 aliphatic heterocycles. The van der Waals surface area contributed by atoms with Crippen LogP contribution >= 0.6 is 11.5 Å². The lowest BCUT2D eigenvalue weighted by Crippen LogP contribution is -2.24. The average molecular weight is 321 g/mol. The number of rotatable bonds is 6. The van der Waals surface area contributed by atoms with E-state index in [-0.39, 0.29) is 5.60 Å². The minimum atomic E-state index is -0.225. The molecule has 0 amide bonds. The molecule has 0 unspecified atom stereocenters. The summed E-state index contributed by atoms with van der Waals surface area (Å²) in [5, 5.41) is 4.08. The van der Waals surface area contributed by atoms with Crippen molar-refractivity contribution in [2.75, 3.05) is 12.4 Å². The minimum Gasteiger partial charge on any atom is -0.488 e. The van der Waals surface area contributed by atoms with Gasteiger partial charge in [-0.15, -0.1) is 0 Å². The van der Waals surface area contributed by atoms with Crippen molar-refractivity contribution >= 4 is 16.7 Å². The number of aromatic nitrogens is 2. The molecule has 6 heteroatoms. The summed E-state index contributed by atoms with van der Waals surface area (Å²) in [6.07, 6.45) is 0. The standard InChI is InChI=1S/C16H23N3O2S/c1-11-6-7-12(13(8-11)21-16(2,3)4)9-17-15-18-14(10-20-5)19-22-15/h6-8H,9-10H2,1-5H3,(H,17,18,19). The molecule has 0 aliphatic carbocycles. The van der Waals surface area contributed by atoms with Crippen LogP contribution in [-0.2, 0) is 17.9 Å². The molecule has 1 N–H and O–H groups in total. The lowest BCUT2D eigenvalue weighted by Gasteiger charge is -2.23. The first-order valence-electron chi connectivity index (χ1n) is 7.21. The maximum atomic E-state index is 6.05. The Morgan fingerprint density at radius 2 is 2.05 bits per heavy atom. The number of aryl methyl sites for hydroxylation is 1. The summed E-state index contributed by atoms with van der Waals surface area (Å²) in [4.78, 5) is 4.37. The second-order valence-electron chi connectivity index (χ2n) is 6.13. The average Bonchev–Trinajstić information content (AvgIpc) is 2.84. The van der Waals surface area contributed by atoms with Gasteiger partial charge in [0.05, 0.1) is 0 Å². The van der Waals surface area contributed by atoms with Gasteiger partial charge >= 0.3 is 0 Å². The van der Waals surface area contributed by atoms with Crippen LogP contribution in [0, 0.1) is 6.92 Å². The van der Waals surface area contributed by atoms with Gasteiger partial charge in [0.15, 0.2) is 5.82 Å². The maximum absolute atomic E-state index is 6.05. The van der Waals surface area contributed by atoms with Gasteiger partial charge in [-0.05, 0) is 39.3 Å². The first-order chi connectivity index (χ1) is 10.4. The molecule has 1 heterocycles. The molecule has 1 aromatic heterocycles. The van der Waals surface area contributed by atoms with E-state index >= 15 is 0 Å². The molecule has 1 aromatic carbocycles. The molecule has 0 radical (unpaired) electrons. The fourth-order valence-corrected chi connectivity index (χ4v) is 2.49. The van der Waals surface area contributed by atoms with Gasteiger partial charge in [0.2, 0.25) is 5.13 Å². The summed E-state index contributed by atoms with van der Waals surface area (Å²) in [6.45, 7) is 9.29. The van der Waals surface area contributed by atoms with E-state index in [0.717, 1.165) is 16.4 Å². The third-order valence-electron chi connectivity index (χ3n) is 2.81. The Balaban J connectivity index is 2.08. The molecule has 0 fully saturated rings.